The Morgan fingerprint density at radius 3 is 2.52 bits per heavy atom. The minimum absolute atomic E-state index is 0.0240. The Balaban J connectivity index is 1.59. The SMILES string of the molecule is CCN(CC)C(=O)c1cnc(C)nc1C1CCC(CNC(=O)[C@@H]2CCCO2)CC1. The Hall–Kier alpha value is -2.02. The third kappa shape index (κ3) is 5.32. The highest BCUT2D eigenvalue weighted by atomic mass is 16.5. The van der Waals surface area contributed by atoms with Gasteiger partial charge in [0.2, 0.25) is 5.91 Å². The summed E-state index contributed by atoms with van der Waals surface area (Å²) in [6.45, 7) is 8.62. The van der Waals surface area contributed by atoms with Crippen molar-refractivity contribution in [2.75, 3.05) is 26.2 Å². The molecular weight excluding hydrogens is 368 g/mol. The Bertz CT molecular complexity index is 706. The Kier molecular flexibility index (Phi) is 7.58. The number of carbonyl (C=O) groups is 2. The van der Waals surface area contributed by atoms with Crippen molar-refractivity contribution in [2.24, 2.45) is 5.92 Å². The van der Waals surface area contributed by atoms with Gasteiger partial charge in [-0.1, -0.05) is 0 Å². The minimum atomic E-state index is -0.260. The van der Waals surface area contributed by atoms with Gasteiger partial charge in [0.25, 0.3) is 5.91 Å². The predicted octanol–water partition coefficient (Wildman–Crippen LogP) is 2.84. The van der Waals surface area contributed by atoms with Crippen molar-refractivity contribution in [3.05, 3.63) is 23.3 Å². The van der Waals surface area contributed by atoms with Gasteiger partial charge in [0.05, 0.1) is 11.3 Å². The average Bonchev–Trinajstić information content (AvgIpc) is 3.28. The van der Waals surface area contributed by atoms with Gasteiger partial charge in [0, 0.05) is 38.4 Å². The van der Waals surface area contributed by atoms with E-state index in [1.54, 1.807) is 6.20 Å². The second kappa shape index (κ2) is 10.1. The molecule has 160 valence electrons. The molecule has 2 heterocycles. The van der Waals surface area contributed by atoms with Gasteiger partial charge in [-0.2, -0.15) is 0 Å². The van der Waals surface area contributed by atoms with Gasteiger partial charge in [-0.3, -0.25) is 9.59 Å². The number of rotatable bonds is 7. The fraction of sp³-hybridized carbons (Fsp3) is 0.727. The normalized spacial score (nSPS) is 24.3. The van der Waals surface area contributed by atoms with Crippen LogP contribution in [0.4, 0.5) is 0 Å². The maximum atomic E-state index is 12.9. The van der Waals surface area contributed by atoms with Crippen LogP contribution in [0.3, 0.4) is 0 Å². The van der Waals surface area contributed by atoms with Crippen LogP contribution < -0.4 is 5.32 Å². The zero-order valence-electron chi connectivity index (χ0n) is 17.9. The standard InChI is InChI=1S/C22H34N4O3/c1-4-26(5-2)22(28)18-14-23-15(3)25-20(18)17-10-8-16(9-11-17)13-24-21(27)19-7-6-12-29-19/h14,16-17,19H,4-13H2,1-3H3,(H,24,27)/t16?,17?,19-/m0/s1. The van der Waals surface area contributed by atoms with Crippen LogP contribution >= 0.6 is 0 Å². The summed E-state index contributed by atoms with van der Waals surface area (Å²) in [7, 11) is 0. The maximum absolute atomic E-state index is 12.9. The molecule has 7 heteroatoms. The lowest BCUT2D eigenvalue weighted by molar-refractivity contribution is -0.130. The average molecular weight is 403 g/mol. The fourth-order valence-corrected chi connectivity index (χ4v) is 4.43. The molecule has 1 atom stereocenters. The maximum Gasteiger partial charge on any atom is 0.257 e. The molecular formula is C22H34N4O3. The highest BCUT2D eigenvalue weighted by molar-refractivity contribution is 5.95. The molecule has 0 bridgehead atoms. The molecule has 29 heavy (non-hydrogen) atoms. The van der Waals surface area contributed by atoms with E-state index >= 15 is 0 Å². The molecule has 2 aliphatic rings. The van der Waals surface area contributed by atoms with Crippen LogP contribution in [0.15, 0.2) is 6.20 Å². The first-order valence-electron chi connectivity index (χ1n) is 11.1. The van der Waals surface area contributed by atoms with E-state index in [9.17, 15) is 9.59 Å². The monoisotopic (exact) mass is 402 g/mol. The lowest BCUT2D eigenvalue weighted by Gasteiger charge is -2.30. The molecule has 0 aromatic carbocycles. The Labute approximate surface area is 173 Å². The van der Waals surface area contributed by atoms with Gasteiger partial charge in [0.1, 0.15) is 11.9 Å². The van der Waals surface area contributed by atoms with Crippen LogP contribution in [0.5, 0.6) is 0 Å². The number of hydrogen-bond acceptors (Lipinski definition) is 5. The summed E-state index contributed by atoms with van der Waals surface area (Å²) in [6.07, 6.45) is 7.25. The van der Waals surface area contributed by atoms with Crippen molar-refractivity contribution < 1.29 is 14.3 Å². The molecule has 2 amide bonds. The number of nitrogens with zero attached hydrogens (tertiary/aromatic N) is 3. The molecule has 3 rings (SSSR count). The molecule has 2 fully saturated rings. The zero-order valence-corrected chi connectivity index (χ0v) is 17.9. The van der Waals surface area contributed by atoms with Gasteiger partial charge in [0.15, 0.2) is 0 Å². The topological polar surface area (TPSA) is 84.4 Å². The van der Waals surface area contributed by atoms with Crippen molar-refractivity contribution in [1.29, 1.82) is 0 Å². The van der Waals surface area contributed by atoms with Gasteiger partial charge in [-0.15, -0.1) is 0 Å². The molecule has 1 saturated heterocycles. The molecule has 1 N–H and O–H groups in total. The van der Waals surface area contributed by atoms with Crippen LogP contribution in [0.2, 0.25) is 0 Å². The second-order valence-corrected chi connectivity index (χ2v) is 8.16. The van der Waals surface area contributed by atoms with E-state index in [0.29, 0.717) is 43.5 Å². The fourth-order valence-electron chi connectivity index (χ4n) is 4.43. The molecule has 7 nitrogen and oxygen atoms in total. The van der Waals surface area contributed by atoms with Gasteiger partial charge in [-0.05, 0) is 65.2 Å². The number of hydrogen-bond donors (Lipinski definition) is 1. The lowest BCUT2D eigenvalue weighted by atomic mass is 9.79. The molecule has 1 aliphatic carbocycles. The quantitative estimate of drug-likeness (QED) is 0.758. The highest BCUT2D eigenvalue weighted by Gasteiger charge is 2.29. The van der Waals surface area contributed by atoms with E-state index in [0.717, 1.165) is 44.2 Å². The van der Waals surface area contributed by atoms with Crippen LogP contribution in [0.1, 0.15) is 80.2 Å². The second-order valence-electron chi connectivity index (χ2n) is 8.16. The highest BCUT2D eigenvalue weighted by Crippen LogP contribution is 2.36. The number of aryl methyl sites for hydroxylation is 1. The molecule has 1 aliphatic heterocycles. The van der Waals surface area contributed by atoms with Gasteiger partial charge >= 0.3 is 0 Å². The summed E-state index contributed by atoms with van der Waals surface area (Å²) >= 11 is 0. The largest absolute Gasteiger partial charge is 0.368 e. The first-order chi connectivity index (χ1) is 14.0. The van der Waals surface area contributed by atoms with Gasteiger partial charge in [-0.25, -0.2) is 9.97 Å². The van der Waals surface area contributed by atoms with Crippen molar-refractivity contribution >= 4 is 11.8 Å². The van der Waals surface area contributed by atoms with Crippen molar-refractivity contribution in [2.45, 2.75) is 71.3 Å². The van der Waals surface area contributed by atoms with Crippen molar-refractivity contribution in [3.8, 4) is 0 Å². The Morgan fingerprint density at radius 1 is 1.17 bits per heavy atom. The number of carbonyl (C=O) groups excluding carboxylic acids is 2. The van der Waals surface area contributed by atoms with E-state index < -0.39 is 0 Å². The van der Waals surface area contributed by atoms with Crippen molar-refractivity contribution in [1.82, 2.24) is 20.2 Å². The molecule has 1 aromatic rings. The van der Waals surface area contributed by atoms with Crippen LogP contribution in [0, 0.1) is 12.8 Å². The molecule has 0 radical (unpaired) electrons. The number of amides is 2. The first kappa shape index (κ1) is 21.7. The summed E-state index contributed by atoms with van der Waals surface area (Å²) < 4.78 is 5.45. The lowest BCUT2D eigenvalue weighted by Crippen LogP contribution is -2.38. The smallest absolute Gasteiger partial charge is 0.257 e. The third-order valence-corrected chi connectivity index (χ3v) is 6.24. The van der Waals surface area contributed by atoms with Crippen LogP contribution in [-0.4, -0.2) is 59.0 Å². The zero-order chi connectivity index (χ0) is 20.8. The van der Waals surface area contributed by atoms with E-state index in [4.69, 9.17) is 4.74 Å². The summed E-state index contributed by atoms with van der Waals surface area (Å²) in [6, 6.07) is 0. The van der Waals surface area contributed by atoms with Crippen LogP contribution in [0.25, 0.3) is 0 Å². The summed E-state index contributed by atoms with van der Waals surface area (Å²) in [5, 5.41) is 3.07. The molecule has 1 aromatic heterocycles. The van der Waals surface area contributed by atoms with E-state index in [1.165, 1.54) is 0 Å². The van der Waals surface area contributed by atoms with E-state index in [2.05, 4.69) is 15.3 Å². The molecule has 0 spiro atoms. The summed E-state index contributed by atoms with van der Waals surface area (Å²) in [5.74, 6) is 1.51. The first-order valence-corrected chi connectivity index (χ1v) is 11.1. The van der Waals surface area contributed by atoms with Crippen molar-refractivity contribution in [3.63, 3.8) is 0 Å². The molecule has 1 saturated carbocycles. The van der Waals surface area contributed by atoms with Gasteiger partial charge < -0.3 is 15.0 Å². The summed E-state index contributed by atoms with van der Waals surface area (Å²) in [5.41, 5.74) is 1.55. The van der Waals surface area contributed by atoms with E-state index in [-0.39, 0.29) is 23.8 Å². The third-order valence-electron chi connectivity index (χ3n) is 6.24. The number of nitrogens with one attached hydrogen (secondary N) is 1. The number of ether oxygens (including phenoxy) is 1. The van der Waals surface area contributed by atoms with Crippen LogP contribution in [-0.2, 0) is 9.53 Å². The number of aromatic nitrogens is 2. The van der Waals surface area contributed by atoms with E-state index in [1.807, 2.05) is 25.7 Å². The molecule has 0 unspecified atom stereocenters. The Morgan fingerprint density at radius 2 is 1.90 bits per heavy atom. The predicted molar refractivity (Wildman–Crippen MR) is 111 cm³/mol. The summed E-state index contributed by atoms with van der Waals surface area (Å²) in [4.78, 5) is 35.9. The minimum Gasteiger partial charge on any atom is -0.368 e.